The Morgan fingerprint density at radius 1 is 1.50 bits per heavy atom. The van der Waals surface area contributed by atoms with E-state index in [1.165, 1.54) is 0 Å². The predicted molar refractivity (Wildman–Crippen MR) is 45.9 cm³/mol. The molecular weight excluding hydrogens is 154 g/mol. The average molecular weight is 169 g/mol. The lowest BCUT2D eigenvalue weighted by Crippen LogP contribution is -2.06. The van der Waals surface area contributed by atoms with Crippen molar-refractivity contribution in [3.8, 4) is 5.88 Å². The van der Waals surface area contributed by atoms with E-state index in [1.807, 2.05) is 0 Å². The monoisotopic (exact) mass is 169 g/mol. The van der Waals surface area contributed by atoms with Gasteiger partial charge in [0.2, 0.25) is 0 Å². The molecule has 3 heteroatoms. The van der Waals surface area contributed by atoms with Gasteiger partial charge >= 0.3 is 0 Å². The second-order valence-electron chi connectivity index (χ2n) is 3.58. The molecule has 1 rings (SSSR count). The summed E-state index contributed by atoms with van der Waals surface area (Å²) in [4.78, 5) is 0. The van der Waals surface area contributed by atoms with Gasteiger partial charge in [0.25, 0.3) is 5.88 Å². The maximum Gasteiger partial charge on any atom is 0.251 e. The molecule has 0 radical (unpaired) electrons. The lowest BCUT2D eigenvalue weighted by molar-refractivity contribution is 0.315. The summed E-state index contributed by atoms with van der Waals surface area (Å²) < 4.78 is 4.89. The first-order valence-electron chi connectivity index (χ1n) is 4.24. The minimum Gasteiger partial charge on any atom is -0.491 e. The Morgan fingerprint density at radius 3 is 2.58 bits per heavy atom. The molecule has 1 N–H and O–H groups in total. The Kier molecular flexibility index (Phi) is 2.74. The Hall–Kier alpha value is -0.990. The Labute approximate surface area is 72.4 Å². The van der Waals surface area contributed by atoms with Crippen LogP contribution >= 0.6 is 0 Å². The second-order valence-corrected chi connectivity index (χ2v) is 3.58. The molecule has 0 saturated heterocycles. The third-order valence-corrected chi connectivity index (χ3v) is 2.21. The van der Waals surface area contributed by atoms with E-state index in [2.05, 4.69) is 25.9 Å². The maximum absolute atomic E-state index is 8.90. The van der Waals surface area contributed by atoms with E-state index in [1.54, 1.807) is 6.07 Å². The minimum atomic E-state index is -0.0269. The first-order chi connectivity index (χ1) is 5.59. The summed E-state index contributed by atoms with van der Waals surface area (Å²) in [6, 6.07) is 1.57. The van der Waals surface area contributed by atoms with Gasteiger partial charge in [-0.05, 0) is 17.0 Å². The van der Waals surface area contributed by atoms with Crippen molar-refractivity contribution in [1.82, 2.24) is 5.16 Å². The van der Waals surface area contributed by atoms with Crippen molar-refractivity contribution < 1.29 is 9.63 Å². The van der Waals surface area contributed by atoms with Gasteiger partial charge in [-0.25, -0.2) is 0 Å². The van der Waals surface area contributed by atoms with Crippen LogP contribution in [0.5, 0.6) is 5.88 Å². The summed E-state index contributed by atoms with van der Waals surface area (Å²) in [5.41, 5.74) is 0. The highest BCUT2D eigenvalue weighted by molar-refractivity contribution is 5.09. The van der Waals surface area contributed by atoms with Crippen LogP contribution in [0.25, 0.3) is 0 Å². The van der Waals surface area contributed by atoms with Crippen LogP contribution in [0, 0.1) is 11.8 Å². The van der Waals surface area contributed by atoms with Crippen LogP contribution in [-0.4, -0.2) is 10.3 Å². The van der Waals surface area contributed by atoms with Crippen LogP contribution in [0.4, 0.5) is 0 Å². The molecule has 0 amide bonds. The lowest BCUT2D eigenvalue weighted by Gasteiger charge is -2.12. The van der Waals surface area contributed by atoms with Gasteiger partial charge in [-0.15, -0.1) is 0 Å². The summed E-state index contributed by atoms with van der Waals surface area (Å²) in [5, 5.41) is 12.3. The van der Waals surface area contributed by atoms with E-state index in [0.717, 1.165) is 12.2 Å². The molecule has 1 aromatic rings. The molecule has 12 heavy (non-hydrogen) atoms. The molecule has 0 aliphatic heterocycles. The summed E-state index contributed by atoms with van der Waals surface area (Å²) in [6.07, 6.45) is 0.839. The molecule has 0 saturated carbocycles. The fourth-order valence-corrected chi connectivity index (χ4v) is 0.951. The fourth-order valence-electron chi connectivity index (χ4n) is 0.951. The van der Waals surface area contributed by atoms with Gasteiger partial charge in [0.1, 0.15) is 5.76 Å². The molecule has 0 aliphatic rings. The van der Waals surface area contributed by atoms with Crippen LogP contribution in [-0.2, 0) is 6.42 Å². The standard InChI is InChI=1S/C9H15NO2/c1-6(2)7(3)4-8-5-9(11)10-12-8/h5-7H,4H2,1-3H3,(H,10,11). The van der Waals surface area contributed by atoms with E-state index in [0.29, 0.717) is 11.8 Å². The normalized spacial score (nSPS) is 13.7. The molecule has 0 aromatic carbocycles. The highest BCUT2D eigenvalue weighted by Gasteiger charge is 2.11. The van der Waals surface area contributed by atoms with Crippen LogP contribution in [0.15, 0.2) is 10.6 Å². The minimum absolute atomic E-state index is 0.0269. The number of nitrogens with zero attached hydrogens (tertiary/aromatic N) is 1. The first-order valence-corrected chi connectivity index (χ1v) is 4.24. The van der Waals surface area contributed by atoms with E-state index in [9.17, 15) is 0 Å². The van der Waals surface area contributed by atoms with Gasteiger partial charge in [0.05, 0.1) is 0 Å². The van der Waals surface area contributed by atoms with Crippen molar-refractivity contribution in [3.05, 3.63) is 11.8 Å². The predicted octanol–water partition coefficient (Wildman–Crippen LogP) is 2.21. The zero-order chi connectivity index (χ0) is 9.14. The molecule has 1 atom stereocenters. The van der Waals surface area contributed by atoms with Crippen molar-refractivity contribution >= 4 is 0 Å². The molecule has 1 heterocycles. The van der Waals surface area contributed by atoms with Crippen LogP contribution < -0.4 is 0 Å². The number of rotatable bonds is 3. The van der Waals surface area contributed by atoms with Crippen LogP contribution in [0.3, 0.4) is 0 Å². The Morgan fingerprint density at radius 2 is 2.17 bits per heavy atom. The van der Waals surface area contributed by atoms with Gasteiger partial charge < -0.3 is 9.63 Å². The number of aromatic nitrogens is 1. The van der Waals surface area contributed by atoms with Gasteiger partial charge in [-0.2, -0.15) is 0 Å². The third-order valence-electron chi connectivity index (χ3n) is 2.21. The van der Waals surface area contributed by atoms with E-state index in [4.69, 9.17) is 9.63 Å². The molecule has 1 aromatic heterocycles. The third kappa shape index (κ3) is 2.26. The molecule has 68 valence electrons. The molecule has 0 bridgehead atoms. The lowest BCUT2D eigenvalue weighted by atomic mass is 9.94. The fraction of sp³-hybridized carbons (Fsp3) is 0.667. The summed E-state index contributed by atoms with van der Waals surface area (Å²) in [5.74, 6) is 1.91. The molecule has 0 spiro atoms. The average Bonchev–Trinajstić information content (AvgIpc) is 2.35. The smallest absolute Gasteiger partial charge is 0.251 e. The zero-order valence-corrected chi connectivity index (χ0v) is 7.74. The largest absolute Gasteiger partial charge is 0.491 e. The summed E-state index contributed by atoms with van der Waals surface area (Å²) >= 11 is 0. The topological polar surface area (TPSA) is 46.3 Å². The SMILES string of the molecule is CC(C)C(C)Cc1cc(O)no1. The van der Waals surface area contributed by atoms with Crippen LogP contribution in [0.1, 0.15) is 26.5 Å². The highest BCUT2D eigenvalue weighted by atomic mass is 16.5. The van der Waals surface area contributed by atoms with Crippen molar-refractivity contribution in [3.63, 3.8) is 0 Å². The molecule has 3 nitrogen and oxygen atoms in total. The molecular formula is C9H15NO2. The number of hydrogen-bond donors (Lipinski definition) is 1. The Bertz CT molecular complexity index is 242. The van der Waals surface area contributed by atoms with E-state index < -0.39 is 0 Å². The molecule has 0 aliphatic carbocycles. The van der Waals surface area contributed by atoms with Gasteiger partial charge in [-0.1, -0.05) is 20.8 Å². The quantitative estimate of drug-likeness (QED) is 0.754. The zero-order valence-electron chi connectivity index (χ0n) is 7.74. The van der Waals surface area contributed by atoms with Crippen molar-refractivity contribution in [1.29, 1.82) is 0 Å². The second kappa shape index (κ2) is 3.61. The van der Waals surface area contributed by atoms with Crippen molar-refractivity contribution in [2.75, 3.05) is 0 Å². The van der Waals surface area contributed by atoms with Gasteiger partial charge in [0.15, 0.2) is 0 Å². The van der Waals surface area contributed by atoms with E-state index >= 15 is 0 Å². The van der Waals surface area contributed by atoms with Gasteiger partial charge in [0, 0.05) is 12.5 Å². The van der Waals surface area contributed by atoms with Crippen LogP contribution in [0.2, 0.25) is 0 Å². The maximum atomic E-state index is 8.90. The number of aromatic hydroxyl groups is 1. The van der Waals surface area contributed by atoms with E-state index in [-0.39, 0.29) is 5.88 Å². The van der Waals surface area contributed by atoms with Gasteiger partial charge in [-0.3, -0.25) is 0 Å². The summed E-state index contributed by atoms with van der Waals surface area (Å²) in [6.45, 7) is 6.49. The first kappa shape index (κ1) is 9.10. The number of hydrogen-bond acceptors (Lipinski definition) is 3. The summed E-state index contributed by atoms with van der Waals surface area (Å²) in [7, 11) is 0. The Balaban J connectivity index is 2.52. The molecule has 1 unspecified atom stereocenters. The molecule has 0 fully saturated rings. The highest BCUT2D eigenvalue weighted by Crippen LogP contribution is 2.18. The van der Waals surface area contributed by atoms with Crippen molar-refractivity contribution in [2.24, 2.45) is 11.8 Å². The van der Waals surface area contributed by atoms with Crippen molar-refractivity contribution in [2.45, 2.75) is 27.2 Å².